The molecule has 1 aliphatic rings. The molecular weight excluding hydrogens is 384 g/mol. The lowest BCUT2D eigenvalue weighted by molar-refractivity contribution is -0.144. The van der Waals surface area contributed by atoms with Gasteiger partial charge in [0.2, 0.25) is 5.76 Å². The van der Waals surface area contributed by atoms with Crippen LogP contribution in [0.5, 0.6) is 0 Å². The Labute approximate surface area is 157 Å². The van der Waals surface area contributed by atoms with Gasteiger partial charge in [-0.05, 0) is 18.2 Å². The number of nitrogens with one attached hydrogen (secondary N) is 2. The third kappa shape index (κ3) is 4.92. The smallest absolute Gasteiger partial charge is 0.370 e. The molecule has 2 amide bonds. The van der Waals surface area contributed by atoms with E-state index in [1.807, 2.05) is 0 Å². The van der Waals surface area contributed by atoms with Crippen molar-refractivity contribution in [2.24, 2.45) is 5.73 Å². The van der Waals surface area contributed by atoms with Gasteiger partial charge in [0.15, 0.2) is 11.6 Å². The summed E-state index contributed by atoms with van der Waals surface area (Å²) in [5, 5.41) is 42.3. The van der Waals surface area contributed by atoms with E-state index < -0.39 is 66.4 Å². The molecule has 154 valence electrons. The monoisotopic (exact) mass is 403 g/mol. The average molecular weight is 403 g/mol. The van der Waals surface area contributed by atoms with E-state index in [-0.39, 0.29) is 5.69 Å². The lowest BCUT2D eigenvalue weighted by atomic mass is 9.93. The summed E-state index contributed by atoms with van der Waals surface area (Å²) >= 11 is 0. The summed E-state index contributed by atoms with van der Waals surface area (Å²) in [6.45, 7) is -0.865. The number of ether oxygens (including phenoxy) is 1. The van der Waals surface area contributed by atoms with E-state index in [4.69, 9.17) is 20.7 Å². The maximum atomic E-state index is 13.2. The molecule has 8 N–H and O–H groups in total. The predicted octanol–water partition coefficient (Wildman–Crippen LogP) is -1.14. The number of nitrogens with two attached hydrogens (primary N) is 1. The van der Waals surface area contributed by atoms with Gasteiger partial charge < -0.3 is 41.5 Å². The molecule has 0 aliphatic carbocycles. The summed E-state index contributed by atoms with van der Waals surface area (Å²) in [6.07, 6.45) is -4.04. The number of aliphatic carboxylic acids is 1. The number of carboxylic acid groups (broad SMARTS) is 1. The number of urea groups is 1. The van der Waals surface area contributed by atoms with Crippen molar-refractivity contribution in [1.29, 1.82) is 0 Å². The van der Waals surface area contributed by atoms with Crippen molar-refractivity contribution < 1.29 is 43.5 Å². The number of hydrogen-bond donors (Lipinski definition) is 7. The van der Waals surface area contributed by atoms with Gasteiger partial charge in [0.25, 0.3) is 0 Å². The molecule has 0 fully saturated rings. The molecule has 0 spiro atoms. The summed E-state index contributed by atoms with van der Waals surface area (Å²) in [6, 6.07) is -0.703. The summed E-state index contributed by atoms with van der Waals surface area (Å²) in [7, 11) is 0. The number of carbonyl (C=O) groups excluding carboxylic acids is 1. The highest BCUT2D eigenvalue weighted by molar-refractivity contribution is 5.89. The van der Waals surface area contributed by atoms with Crippen molar-refractivity contribution >= 4 is 17.7 Å². The number of halogens is 2. The van der Waals surface area contributed by atoms with Gasteiger partial charge in [0.1, 0.15) is 18.3 Å². The number of aliphatic hydroxyl groups is 3. The van der Waals surface area contributed by atoms with Crippen molar-refractivity contribution in [2.75, 3.05) is 11.9 Å². The molecule has 28 heavy (non-hydrogen) atoms. The van der Waals surface area contributed by atoms with Crippen LogP contribution in [-0.4, -0.2) is 69.4 Å². The molecule has 1 aromatic carbocycles. The van der Waals surface area contributed by atoms with Gasteiger partial charge in [-0.25, -0.2) is 18.4 Å². The maximum absolute atomic E-state index is 13.2. The van der Waals surface area contributed by atoms with Crippen LogP contribution in [-0.2, 0) is 9.53 Å². The minimum atomic E-state index is -1.80. The van der Waals surface area contributed by atoms with Crippen LogP contribution in [0.1, 0.15) is 0 Å². The quantitative estimate of drug-likeness (QED) is 0.312. The number of rotatable bonds is 6. The number of anilines is 1. The Balaban J connectivity index is 2.19. The van der Waals surface area contributed by atoms with E-state index >= 15 is 0 Å². The number of carboxylic acids is 1. The third-order valence-corrected chi connectivity index (χ3v) is 3.98. The first-order chi connectivity index (χ1) is 13.1. The van der Waals surface area contributed by atoms with E-state index in [1.54, 1.807) is 0 Å². The van der Waals surface area contributed by atoms with Crippen molar-refractivity contribution in [1.82, 2.24) is 5.32 Å². The van der Waals surface area contributed by atoms with Gasteiger partial charge in [-0.15, -0.1) is 0 Å². The zero-order valence-electron chi connectivity index (χ0n) is 14.3. The van der Waals surface area contributed by atoms with Gasteiger partial charge in [-0.1, -0.05) is 0 Å². The normalized spacial score (nSPS) is 23.8. The highest BCUT2D eigenvalue weighted by Gasteiger charge is 2.42. The Morgan fingerprint density at radius 1 is 1.25 bits per heavy atom. The molecule has 1 aliphatic heterocycles. The standard InChI is InChI=1S/C16H19F2N3O7/c17-7-2-1-6(3-8(7)18)20-16(27)21-12-9(19)4-11(15(25)26)28-14(12)13(24)10(23)5-22/h1-4,9-10,12-14,22-24H,5,19H2,(H,25,26)(H2,20,21,27)/t9-,10+,12+,13+,14+/m0/s1. The molecule has 0 radical (unpaired) electrons. The van der Waals surface area contributed by atoms with Gasteiger partial charge in [-0.3, -0.25) is 0 Å². The van der Waals surface area contributed by atoms with Crippen LogP contribution >= 0.6 is 0 Å². The third-order valence-electron chi connectivity index (χ3n) is 3.98. The molecule has 12 heteroatoms. The number of hydrogen-bond acceptors (Lipinski definition) is 7. The van der Waals surface area contributed by atoms with Crippen LogP contribution in [0.15, 0.2) is 30.0 Å². The number of benzene rings is 1. The predicted molar refractivity (Wildman–Crippen MR) is 90.0 cm³/mol. The first-order valence-corrected chi connectivity index (χ1v) is 8.01. The molecule has 5 atom stereocenters. The Kier molecular flexibility index (Phi) is 6.85. The fraction of sp³-hybridized carbons (Fsp3) is 0.375. The van der Waals surface area contributed by atoms with E-state index in [9.17, 15) is 28.6 Å². The molecule has 1 aromatic rings. The molecular formula is C16H19F2N3O7. The minimum absolute atomic E-state index is 0.0871. The van der Waals surface area contributed by atoms with Gasteiger partial charge in [0, 0.05) is 11.8 Å². The molecule has 2 rings (SSSR count). The number of aliphatic hydroxyl groups excluding tert-OH is 3. The van der Waals surface area contributed by atoms with Crippen LogP contribution in [0.4, 0.5) is 19.3 Å². The SMILES string of the molecule is N[C@H]1C=C(C(=O)O)O[C@@H]([C@H](O)[C@H](O)CO)[C@@H]1NC(=O)Nc1ccc(F)c(F)c1. The molecule has 10 nitrogen and oxygen atoms in total. The molecule has 0 saturated carbocycles. The van der Waals surface area contributed by atoms with Gasteiger partial charge in [-0.2, -0.15) is 0 Å². The maximum Gasteiger partial charge on any atom is 0.370 e. The lowest BCUT2D eigenvalue weighted by Gasteiger charge is -2.38. The van der Waals surface area contributed by atoms with E-state index in [0.717, 1.165) is 24.3 Å². The zero-order chi connectivity index (χ0) is 21.0. The van der Waals surface area contributed by atoms with Crippen LogP contribution in [0.25, 0.3) is 0 Å². The van der Waals surface area contributed by atoms with E-state index in [2.05, 4.69) is 10.6 Å². The van der Waals surface area contributed by atoms with Crippen LogP contribution < -0.4 is 16.4 Å². The number of carbonyl (C=O) groups is 2. The minimum Gasteiger partial charge on any atom is -0.478 e. The topological polar surface area (TPSA) is 174 Å². The first-order valence-electron chi connectivity index (χ1n) is 8.01. The molecule has 0 unspecified atom stereocenters. The van der Waals surface area contributed by atoms with Crippen molar-refractivity contribution in [3.05, 3.63) is 41.7 Å². The largest absolute Gasteiger partial charge is 0.478 e. The van der Waals surface area contributed by atoms with Crippen molar-refractivity contribution in [2.45, 2.75) is 30.4 Å². The molecule has 0 aromatic heterocycles. The summed E-state index contributed by atoms with van der Waals surface area (Å²) < 4.78 is 31.3. The Bertz CT molecular complexity index is 777. The fourth-order valence-corrected chi connectivity index (χ4v) is 2.56. The second kappa shape index (κ2) is 8.93. The van der Waals surface area contributed by atoms with Crippen molar-refractivity contribution in [3.63, 3.8) is 0 Å². The fourth-order valence-electron chi connectivity index (χ4n) is 2.56. The van der Waals surface area contributed by atoms with Crippen LogP contribution in [0.2, 0.25) is 0 Å². The van der Waals surface area contributed by atoms with Crippen LogP contribution in [0.3, 0.4) is 0 Å². The second-order valence-electron chi connectivity index (χ2n) is 5.99. The van der Waals surface area contributed by atoms with Gasteiger partial charge >= 0.3 is 12.0 Å². The molecule has 0 saturated heterocycles. The number of amides is 2. The Hall–Kier alpha value is -2.80. The molecule has 1 heterocycles. The van der Waals surface area contributed by atoms with Crippen molar-refractivity contribution in [3.8, 4) is 0 Å². The lowest BCUT2D eigenvalue weighted by Crippen LogP contribution is -2.62. The summed E-state index contributed by atoms with van der Waals surface area (Å²) in [5.74, 6) is -4.40. The van der Waals surface area contributed by atoms with Crippen LogP contribution in [0, 0.1) is 11.6 Å². The summed E-state index contributed by atoms with van der Waals surface area (Å²) in [5.41, 5.74) is 5.75. The Morgan fingerprint density at radius 3 is 2.50 bits per heavy atom. The van der Waals surface area contributed by atoms with Gasteiger partial charge in [0.05, 0.1) is 18.7 Å². The Morgan fingerprint density at radius 2 is 1.93 bits per heavy atom. The molecule has 0 bridgehead atoms. The second-order valence-corrected chi connectivity index (χ2v) is 5.99. The summed E-state index contributed by atoms with van der Waals surface area (Å²) in [4.78, 5) is 23.3. The highest BCUT2D eigenvalue weighted by atomic mass is 19.2. The highest BCUT2D eigenvalue weighted by Crippen LogP contribution is 2.22. The van der Waals surface area contributed by atoms with E-state index in [0.29, 0.717) is 0 Å². The van der Waals surface area contributed by atoms with E-state index in [1.165, 1.54) is 0 Å². The average Bonchev–Trinajstić information content (AvgIpc) is 2.64. The zero-order valence-corrected chi connectivity index (χ0v) is 14.3. The first kappa shape index (κ1) is 21.5.